The van der Waals surface area contributed by atoms with Crippen molar-refractivity contribution in [1.82, 2.24) is 9.80 Å². The maximum absolute atomic E-state index is 14.0. The number of benzene rings is 1. The van der Waals surface area contributed by atoms with Gasteiger partial charge in [0.05, 0.1) is 18.5 Å². The van der Waals surface area contributed by atoms with Crippen molar-refractivity contribution in [2.24, 2.45) is 5.41 Å². The predicted octanol–water partition coefficient (Wildman–Crippen LogP) is 6.43. The number of thiophene rings is 1. The van der Waals surface area contributed by atoms with Gasteiger partial charge in [-0.15, -0.1) is 0 Å². The number of carbonyl (C=O) groups is 1. The Hall–Kier alpha value is -3.45. The lowest BCUT2D eigenvalue weighted by atomic mass is 9.89. The molecule has 0 aliphatic carbocycles. The van der Waals surface area contributed by atoms with Crippen LogP contribution in [0.1, 0.15) is 44.7 Å². The van der Waals surface area contributed by atoms with Gasteiger partial charge in [-0.05, 0) is 53.6 Å². The Morgan fingerprint density at radius 2 is 2.05 bits per heavy atom. The standard InChI is InChI=1S/C32H39N3O3S/c1-7-32(2,3)21-34(5)31(36)24-9-8-13-35(23-12-16-39-20-23)30-26-17-25(22-10-14-33(4)15-11-22)28(37-6)18-29(26)38-19-27(24)30/h9-12,14,16-18,20H,7-8,13,15,19,21H2,1-6H3. The lowest BCUT2D eigenvalue weighted by Crippen LogP contribution is -2.37. The average molecular weight is 546 g/mol. The minimum absolute atomic E-state index is 0.0477. The van der Waals surface area contributed by atoms with E-state index in [1.807, 2.05) is 18.0 Å². The molecule has 0 fully saturated rings. The lowest BCUT2D eigenvalue weighted by Gasteiger charge is -2.34. The molecule has 2 aromatic rings. The van der Waals surface area contributed by atoms with Gasteiger partial charge in [-0.2, -0.15) is 11.3 Å². The van der Waals surface area contributed by atoms with Gasteiger partial charge < -0.3 is 24.2 Å². The number of rotatable bonds is 7. The Bertz CT molecular complexity index is 1370. The largest absolute Gasteiger partial charge is 0.496 e. The number of nitrogens with zero attached hydrogens (tertiary/aromatic N) is 3. The first-order chi connectivity index (χ1) is 18.7. The van der Waals surface area contributed by atoms with Gasteiger partial charge in [0.15, 0.2) is 0 Å². The Balaban J connectivity index is 1.65. The van der Waals surface area contributed by atoms with Gasteiger partial charge >= 0.3 is 0 Å². The highest BCUT2D eigenvalue weighted by Crippen LogP contribution is 2.46. The second-order valence-electron chi connectivity index (χ2n) is 11.3. The summed E-state index contributed by atoms with van der Waals surface area (Å²) in [6, 6.07) is 6.33. The van der Waals surface area contributed by atoms with Crippen LogP contribution in [0.5, 0.6) is 11.5 Å². The monoisotopic (exact) mass is 545 g/mol. The van der Waals surface area contributed by atoms with Crippen LogP contribution in [0.25, 0.3) is 11.3 Å². The Morgan fingerprint density at radius 3 is 2.72 bits per heavy atom. The molecule has 1 amide bonds. The van der Waals surface area contributed by atoms with Crippen LogP contribution in [0.2, 0.25) is 0 Å². The van der Waals surface area contributed by atoms with Crippen LogP contribution in [0.3, 0.4) is 0 Å². The summed E-state index contributed by atoms with van der Waals surface area (Å²) in [7, 11) is 5.68. The van der Waals surface area contributed by atoms with Gasteiger partial charge in [0.1, 0.15) is 18.1 Å². The van der Waals surface area contributed by atoms with E-state index in [-0.39, 0.29) is 11.3 Å². The second-order valence-corrected chi connectivity index (χ2v) is 12.1. The summed E-state index contributed by atoms with van der Waals surface area (Å²) in [5.74, 6) is 1.61. The van der Waals surface area contributed by atoms with Gasteiger partial charge in [0.25, 0.3) is 5.91 Å². The molecule has 4 heterocycles. The molecule has 0 N–H and O–H groups in total. The van der Waals surface area contributed by atoms with Crippen LogP contribution in [0.15, 0.2) is 64.5 Å². The molecule has 0 bridgehead atoms. The van der Waals surface area contributed by atoms with Crippen molar-refractivity contribution >= 4 is 34.2 Å². The van der Waals surface area contributed by atoms with E-state index in [2.05, 4.69) is 84.9 Å². The first-order valence-corrected chi connectivity index (χ1v) is 14.6. The van der Waals surface area contributed by atoms with Gasteiger partial charge in [-0.1, -0.05) is 32.9 Å². The molecule has 5 rings (SSSR count). The quantitative estimate of drug-likeness (QED) is 0.401. The van der Waals surface area contributed by atoms with Gasteiger partial charge in [0.2, 0.25) is 0 Å². The van der Waals surface area contributed by atoms with Crippen molar-refractivity contribution in [3.05, 3.63) is 75.7 Å². The van der Waals surface area contributed by atoms with Crippen molar-refractivity contribution in [3.8, 4) is 11.5 Å². The number of amides is 1. The third-order valence-electron chi connectivity index (χ3n) is 7.95. The molecule has 3 aliphatic heterocycles. The van der Waals surface area contributed by atoms with Crippen LogP contribution < -0.4 is 14.4 Å². The summed E-state index contributed by atoms with van der Waals surface area (Å²) in [5.41, 5.74) is 7.06. The number of fused-ring (bicyclic) bond motifs is 2. The van der Waals surface area contributed by atoms with Crippen LogP contribution in [-0.4, -0.2) is 63.2 Å². The number of likely N-dealkylation sites (N-methyl/N-ethyl adjacent to an activating group) is 2. The highest BCUT2D eigenvalue weighted by atomic mass is 32.1. The maximum atomic E-state index is 14.0. The number of ether oxygens (including phenoxy) is 2. The number of allylic oxidation sites excluding steroid dienone is 2. The molecule has 0 unspecified atom stereocenters. The SMILES string of the molecule is CCC(C)(C)CN(C)C(=O)C1=CCCN(c2ccsc2)C2=C1COc1cc(OC)c(C3=CCN(C)C=C3)cc12. The second kappa shape index (κ2) is 11.0. The van der Waals surface area contributed by atoms with Crippen molar-refractivity contribution < 1.29 is 14.3 Å². The minimum Gasteiger partial charge on any atom is -0.496 e. The van der Waals surface area contributed by atoms with Crippen molar-refractivity contribution in [3.63, 3.8) is 0 Å². The molecule has 0 saturated carbocycles. The van der Waals surface area contributed by atoms with Crippen LogP contribution in [0, 0.1) is 5.41 Å². The van der Waals surface area contributed by atoms with Gasteiger partial charge in [-0.25, -0.2) is 0 Å². The fourth-order valence-corrected chi connectivity index (χ4v) is 6.06. The Labute approximate surface area is 236 Å². The molecule has 206 valence electrons. The number of carbonyl (C=O) groups excluding carboxylic acids is 1. The number of hydrogen-bond acceptors (Lipinski definition) is 6. The highest BCUT2D eigenvalue weighted by molar-refractivity contribution is 7.08. The van der Waals surface area contributed by atoms with E-state index in [4.69, 9.17) is 9.47 Å². The van der Waals surface area contributed by atoms with Crippen LogP contribution >= 0.6 is 11.3 Å². The van der Waals surface area contributed by atoms with E-state index in [1.165, 1.54) is 0 Å². The molecule has 6 nitrogen and oxygen atoms in total. The van der Waals surface area contributed by atoms with E-state index in [1.54, 1.807) is 18.4 Å². The van der Waals surface area contributed by atoms with Gasteiger partial charge in [-0.3, -0.25) is 4.79 Å². The van der Waals surface area contributed by atoms with Crippen LogP contribution in [-0.2, 0) is 4.79 Å². The fraction of sp³-hybridized carbons (Fsp3) is 0.406. The normalized spacial score (nSPS) is 17.1. The third kappa shape index (κ3) is 5.37. The molecule has 0 spiro atoms. The summed E-state index contributed by atoms with van der Waals surface area (Å²) >= 11 is 1.68. The summed E-state index contributed by atoms with van der Waals surface area (Å²) < 4.78 is 12.2. The lowest BCUT2D eigenvalue weighted by molar-refractivity contribution is -0.126. The van der Waals surface area contributed by atoms with E-state index < -0.39 is 0 Å². The summed E-state index contributed by atoms with van der Waals surface area (Å²) in [6.45, 7) is 9.25. The van der Waals surface area contributed by atoms with E-state index in [0.717, 1.165) is 76.7 Å². The molecule has 0 saturated heterocycles. The van der Waals surface area contributed by atoms with E-state index in [0.29, 0.717) is 13.2 Å². The average Bonchev–Trinajstić information content (AvgIpc) is 3.40. The Kier molecular flexibility index (Phi) is 7.63. The maximum Gasteiger partial charge on any atom is 0.253 e. The zero-order valence-corrected chi connectivity index (χ0v) is 24.7. The van der Waals surface area contributed by atoms with Crippen molar-refractivity contribution in [1.29, 1.82) is 0 Å². The first-order valence-electron chi connectivity index (χ1n) is 13.7. The molecule has 0 radical (unpaired) electrons. The van der Waals surface area contributed by atoms with E-state index >= 15 is 0 Å². The zero-order chi connectivity index (χ0) is 27.7. The topological polar surface area (TPSA) is 45.3 Å². The number of hydrogen-bond donors (Lipinski definition) is 0. The number of anilines is 1. The van der Waals surface area contributed by atoms with E-state index in [9.17, 15) is 4.79 Å². The van der Waals surface area contributed by atoms with Crippen LogP contribution in [0.4, 0.5) is 5.69 Å². The summed E-state index contributed by atoms with van der Waals surface area (Å²) in [5, 5.41) is 4.28. The molecular formula is C32H39N3O3S. The molecule has 1 aromatic carbocycles. The molecule has 0 atom stereocenters. The number of methoxy groups -OCH3 is 1. The van der Waals surface area contributed by atoms with Crippen molar-refractivity contribution in [2.45, 2.75) is 33.6 Å². The first kappa shape index (κ1) is 27.1. The molecule has 39 heavy (non-hydrogen) atoms. The third-order valence-corrected chi connectivity index (χ3v) is 8.62. The molecular weight excluding hydrogens is 506 g/mol. The highest BCUT2D eigenvalue weighted by Gasteiger charge is 2.34. The minimum atomic E-state index is 0.0477. The zero-order valence-electron chi connectivity index (χ0n) is 23.9. The molecule has 7 heteroatoms. The van der Waals surface area contributed by atoms with Crippen molar-refractivity contribution in [2.75, 3.05) is 52.3 Å². The predicted molar refractivity (Wildman–Crippen MR) is 161 cm³/mol. The fourth-order valence-electron chi connectivity index (χ4n) is 5.42. The van der Waals surface area contributed by atoms with Gasteiger partial charge in [0, 0.05) is 67.4 Å². The molecule has 3 aliphatic rings. The summed E-state index contributed by atoms with van der Waals surface area (Å²) in [6.07, 6.45) is 10.3. The smallest absolute Gasteiger partial charge is 0.253 e. The Morgan fingerprint density at radius 1 is 1.23 bits per heavy atom. The summed E-state index contributed by atoms with van der Waals surface area (Å²) in [4.78, 5) is 20.3. The molecule has 1 aromatic heterocycles.